The van der Waals surface area contributed by atoms with Gasteiger partial charge >= 0.3 is 0 Å². The maximum Gasteiger partial charge on any atom is 0.0405 e. The Labute approximate surface area is 68.1 Å². The van der Waals surface area contributed by atoms with Crippen LogP contribution in [0.25, 0.3) is 0 Å². The first-order valence-corrected chi connectivity index (χ1v) is 4.61. The Balaban J connectivity index is 2.44. The van der Waals surface area contributed by atoms with Crippen LogP contribution in [0, 0.1) is 0 Å². The van der Waals surface area contributed by atoms with Crippen LogP contribution in [0.15, 0.2) is 0 Å². The van der Waals surface area contributed by atoms with Crippen LogP contribution >= 0.6 is 11.6 Å². The van der Waals surface area contributed by atoms with E-state index in [0.717, 1.165) is 5.88 Å². The van der Waals surface area contributed by atoms with Crippen molar-refractivity contribution in [3.63, 3.8) is 0 Å². The van der Waals surface area contributed by atoms with E-state index in [1.807, 2.05) is 7.05 Å². The van der Waals surface area contributed by atoms with Gasteiger partial charge in [0, 0.05) is 11.4 Å². The summed E-state index contributed by atoms with van der Waals surface area (Å²) in [7, 11) is 2.02. The molecule has 1 N–H and O–H groups in total. The van der Waals surface area contributed by atoms with Gasteiger partial charge in [-0.1, -0.05) is 19.3 Å². The molecule has 0 spiro atoms. The van der Waals surface area contributed by atoms with E-state index < -0.39 is 0 Å². The SMILES string of the molecule is CNC1(CCl)CCCCC1. The summed E-state index contributed by atoms with van der Waals surface area (Å²) in [6, 6.07) is 0. The van der Waals surface area contributed by atoms with Gasteiger partial charge in [-0.25, -0.2) is 0 Å². The normalized spacial score (nSPS) is 24.6. The van der Waals surface area contributed by atoms with Crippen molar-refractivity contribution in [2.75, 3.05) is 12.9 Å². The summed E-state index contributed by atoms with van der Waals surface area (Å²) >= 11 is 5.87. The molecule has 0 unspecified atom stereocenters. The minimum atomic E-state index is 0.278. The Morgan fingerprint density at radius 2 is 1.90 bits per heavy atom. The molecule has 0 aromatic carbocycles. The van der Waals surface area contributed by atoms with Gasteiger partial charge in [0.1, 0.15) is 0 Å². The van der Waals surface area contributed by atoms with Crippen molar-refractivity contribution < 1.29 is 0 Å². The summed E-state index contributed by atoms with van der Waals surface area (Å²) in [4.78, 5) is 0. The average Bonchev–Trinajstić information content (AvgIpc) is 2.06. The third kappa shape index (κ3) is 1.64. The summed E-state index contributed by atoms with van der Waals surface area (Å²) in [5, 5.41) is 3.34. The highest BCUT2D eigenvalue weighted by molar-refractivity contribution is 6.18. The Bertz CT molecular complexity index is 91.4. The van der Waals surface area contributed by atoms with Crippen molar-refractivity contribution in [1.29, 1.82) is 0 Å². The molecule has 0 saturated heterocycles. The zero-order valence-electron chi connectivity index (χ0n) is 6.62. The Morgan fingerprint density at radius 3 is 2.20 bits per heavy atom. The summed E-state index contributed by atoms with van der Waals surface area (Å²) in [6.45, 7) is 0. The molecule has 0 amide bonds. The minimum absolute atomic E-state index is 0.278. The van der Waals surface area contributed by atoms with E-state index in [1.54, 1.807) is 0 Å². The molecule has 60 valence electrons. The highest BCUT2D eigenvalue weighted by atomic mass is 35.5. The smallest absolute Gasteiger partial charge is 0.0405 e. The Morgan fingerprint density at radius 1 is 1.30 bits per heavy atom. The van der Waals surface area contributed by atoms with Gasteiger partial charge in [-0.2, -0.15) is 0 Å². The van der Waals surface area contributed by atoms with Crippen molar-refractivity contribution >= 4 is 11.6 Å². The van der Waals surface area contributed by atoms with E-state index in [-0.39, 0.29) is 5.54 Å². The lowest BCUT2D eigenvalue weighted by Gasteiger charge is -2.35. The number of hydrogen-bond donors (Lipinski definition) is 1. The van der Waals surface area contributed by atoms with E-state index in [0.29, 0.717) is 0 Å². The quantitative estimate of drug-likeness (QED) is 0.612. The molecular formula is C8H16ClN. The highest BCUT2D eigenvalue weighted by Crippen LogP contribution is 2.28. The number of rotatable bonds is 2. The van der Waals surface area contributed by atoms with Gasteiger partial charge in [0.25, 0.3) is 0 Å². The van der Waals surface area contributed by atoms with E-state index >= 15 is 0 Å². The van der Waals surface area contributed by atoms with Crippen LogP contribution in [-0.4, -0.2) is 18.5 Å². The first kappa shape index (κ1) is 8.35. The monoisotopic (exact) mass is 161 g/mol. The zero-order chi connectivity index (χ0) is 7.45. The molecule has 0 aromatic heterocycles. The second-order valence-corrected chi connectivity index (χ2v) is 3.49. The highest BCUT2D eigenvalue weighted by Gasteiger charge is 2.28. The molecule has 0 bridgehead atoms. The number of hydrogen-bond acceptors (Lipinski definition) is 1. The maximum atomic E-state index is 5.87. The third-order valence-corrected chi connectivity index (χ3v) is 3.11. The summed E-state index contributed by atoms with van der Waals surface area (Å²) in [5.41, 5.74) is 0.278. The zero-order valence-corrected chi connectivity index (χ0v) is 7.38. The molecule has 1 aliphatic rings. The predicted molar refractivity (Wildman–Crippen MR) is 45.6 cm³/mol. The average molecular weight is 162 g/mol. The number of alkyl halides is 1. The molecule has 0 aliphatic heterocycles. The fourth-order valence-corrected chi connectivity index (χ4v) is 2.08. The van der Waals surface area contributed by atoms with Gasteiger partial charge < -0.3 is 5.32 Å². The van der Waals surface area contributed by atoms with Crippen molar-refractivity contribution in [1.82, 2.24) is 5.32 Å². The largest absolute Gasteiger partial charge is 0.313 e. The first-order valence-electron chi connectivity index (χ1n) is 4.08. The van der Waals surface area contributed by atoms with Crippen LogP contribution in [0.3, 0.4) is 0 Å². The van der Waals surface area contributed by atoms with Gasteiger partial charge in [0.15, 0.2) is 0 Å². The van der Waals surface area contributed by atoms with Crippen molar-refractivity contribution in [2.45, 2.75) is 37.6 Å². The minimum Gasteiger partial charge on any atom is -0.313 e. The second-order valence-electron chi connectivity index (χ2n) is 3.22. The van der Waals surface area contributed by atoms with E-state index in [2.05, 4.69) is 5.32 Å². The molecule has 10 heavy (non-hydrogen) atoms. The molecule has 0 atom stereocenters. The molecule has 1 aliphatic carbocycles. The van der Waals surface area contributed by atoms with Crippen molar-refractivity contribution in [3.05, 3.63) is 0 Å². The molecular weight excluding hydrogens is 146 g/mol. The van der Waals surface area contributed by atoms with E-state index in [9.17, 15) is 0 Å². The topological polar surface area (TPSA) is 12.0 Å². The van der Waals surface area contributed by atoms with Crippen LogP contribution in [0.4, 0.5) is 0 Å². The van der Waals surface area contributed by atoms with Crippen LogP contribution in [-0.2, 0) is 0 Å². The van der Waals surface area contributed by atoms with Crippen LogP contribution < -0.4 is 5.32 Å². The van der Waals surface area contributed by atoms with Gasteiger partial charge in [-0.15, -0.1) is 11.6 Å². The van der Waals surface area contributed by atoms with Gasteiger partial charge in [-0.05, 0) is 19.9 Å². The summed E-state index contributed by atoms with van der Waals surface area (Å²) < 4.78 is 0. The van der Waals surface area contributed by atoms with Crippen LogP contribution in [0.1, 0.15) is 32.1 Å². The molecule has 1 nitrogen and oxygen atoms in total. The standard InChI is InChI=1S/C8H16ClN/c1-10-8(7-9)5-3-2-4-6-8/h10H,2-7H2,1H3. The molecule has 0 heterocycles. The summed E-state index contributed by atoms with van der Waals surface area (Å²) in [6.07, 6.45) is 6.58. The molecule has 1 fully saturated rings. The third-order valence-electron chi connectivity index (χ3n) is 2.60. The number of halogens is 1. The van der Waals surface area contributed by atoms with E-state index in [1.165, 1.54) is 32.1 Å². The Hall–Kier alpha value is 0.250. The van der Waals surface area contributed by atoms with Gasteiger partial charge in [0.05, 0.1) is 0 Å². The van der Waals surface area contributed by atoms with Gasteiger partial charge in [-0.3, -0.25) is 0 Å². The van der Waals surface area contributed by atoms with Crippen molar-refractivity contribution in [3.8, 4) is 0 Å². The van der Waals surface area contributed by atoms with E-state index in [4.69, 9.17) is 11.6 Å². The lowest BCUT2D eigenvalue weighted by molar-refractivity contribution is 0.276. The molecule has 1 saturated carbocycles. The molecule has 2 heteroatoms. The lowest BCUT2D eigenvalue weighted by Crippen LogP contribution is -2.46. The van der Waals surface area contributed by atoms with Crippen LogP contribution in [0.5, 0.6) is 0 Å². The van der Waals surface area contributed by atoms with Crippen LogP contribution in [0.2, 0.25) is 0 Å². The summed E-state index contributed by atoms with van der Waals surface area (Å²) in [5.74, 6) is 0.767. The lowest BCUT2D eigenvalue weighted by atomic mass is 9.83. The molecule has 0 radical (unpaired) electrons. The molecule has 0 aromatic rings. The second kappa shape index (κ2) is 3.59. The Kier molecular flexibility index (Phi) is 2.99. The van der Waals surface area contributed by atoms with Gasteiger partial charge in [0.2, 0.25) is 0 Å². The maximum absolute atomic E-state index is 5.87. The predicted octanol–water partition coefficient (Wildman–Crippen LogP) is 2.15. The fraction of sp³-hybridized carbons (Fsp3) is 1.00. The number of nitrogens with one attached hydrogen (secondary N) is 1. The fourth-order valence-electron chi connectivity index (χ4n) is 1.68. The molecule has 1 rings (SSSR count). The van der Waals surface area contributed by atoms with Crippen molar-refractivity contribution in [2.24, 2.45) is 0 Å². The first-order chi connectivity index (χ1) is 4.83.